The molecule has 3 aromatic carbocycles. The van der Waals surface area contributed by atoms with Crippen molar-refractivity contribution in [1.29, 1.82) is 0 Å². The summed E-state index contributed by atoms with van der Waals surface area (Å²) < 4.78 is 12.1. The number of ether oxygens (including phenoxy) is 2. The molecule has 4 rings (SSSR count). The second kappa shape index (κ2) is 10.8. The molecular formula is C27H22ClN3O4. The van der Waals surface area contributed by atoms with Crippen molar-refractivity contribution in [2.45, 2.75) is 13.3 Å². The van der Waals surface area contributed by atoms with Gasteiger partial charge < -0.3 is 9.47 Å². The molecule has 35 heavy (non-hydrogen) atoms. The molecule has 0 aliphatic rings. The molecule has 0 atom stereocenters. The molecule has 0 unspecified atom stereocenters. The van der Waals surface area contributed by atoms with Crippen molar-refractivity contribution in [2.75, 3.05) is 7.11 Å². The van der Waals surface area contributed by atoms with Gasteiger partial charge in [0.15, 0.2) is 11.5 Å². The van der Waals surface area contributed by atoms with E-state index in [1.165, 1.54) is 24.1 Å². The number of halogens is 1. The zero-order valence-corrected chi connectivity index (χ0v) is 19.9. The minimum atomic E-state index is -0.555. The lowest BCUT2D eigenvalue weighted by Crippen LogP contribution is -2.22. The number of methoxy groups -OCH3 is 1. The Labute approximate surface area is 206 Å². The van der Waals surface area contributed by atoms with E-state index in [1.807, 2.05) is 13.0 Å². The topological polar surface area (TPSA) is 82.8 Å². The first-order valence-corrected chi connectivity index (χ1v) is 11.2. The third kappa shape index (κ3) is 5.65. The maximum Gasteiger partial charge on any atom is 0.336 e. The van der Waals surface area contributed by atoms with Crippen LogP contribution in [-0.2, 0) is 11.2 Å². The molecule has 8 heteroatoms. The monoisotopic (exact) mass is 487 g/mol. The van der Waals surface area contributed by atoms with Crippen LogP contribution in [0.1, 0.15) is 23.9 Å². The summed E-state index contributed by atoms with van der Waals surface area (Å²) in [6.45, 7) is 1.91. The van der Waals surface area contributed by atoms with Crippen LogP contribution in [0.2, 0.25) is 5.02 Å². The van der Waals surface area contributed by atoms with Gasteiger partial charge in [-0.3, -0.25) is 4.79 Å². The number of carbonyl (C=O) groups excluding carboxylic acids is 1. The van der Waals surface area contributed by atoms with Gasteiger partial charge in [0, 0.05) is 17.5 Å². The van der Waals surface area contributed by atoms with Crippen molar-refractivity contribution in [3.8, 4) is 11.5 Å². The van der Waals surface area contributed by atoms with Gasteiger partial charge in [-0.05, 0) is 59.7 Å². The van der Waals surface area contributed by atoms with Crippen molar-refractivity contribution < 1.29 is 14.3 Å². The number of benzene rings is 3. The fourth-order valence-corrected chi connectivity index (χ4v) is 3.50. The van der Waals surface area contributed by atoms with Crippen molar-refractivity contribution in [3.63, 3.8) is 0 Å². The Morgan fingerprint density at radius 3 is 2.54 bits per heavy atom. The van der Waals surface area contributed by atoms with E-state index in [4.69, 9.17) is 21.1 Å². The lowest BCUT2D eigenvalue weighted by atomic mass is 10.2. The lowest BCUT2D eigenvalue weighted by Gasteiger charge is -2.09. The third-order valence-corrected chi connectivity index (χ3v) is 5.39. The fourth-order valence-electron chi connectivity index (χ4n) is 3.37. The average molecular weight is 488 g/mol. The van der Waals surface area contributed by atoms with Crippen LogP contribution < -0.4 is 15.0 Å². The van der Waals surface area contributed by atoms with E-state index in [2.05, 4.69) is 10.1 Å². The molecule has 0 fully saturated rings. The quantitative estimate of drug-likeness (QED) is 0.156. The number of hydrogen-bond acceptors (Lipinski definition) is 6. The van der Waals surface area contributed by atoms with Gasteiger partial charge in [-0.1, -0.05) is 42.8 Å². The number of nitrogens with zero attached hydrogens (tertiary/aromatic N) is 3. The zero-order valence-electron chi connectivity index (χ0n) is 19.1. The molecule has 0 spiro atoms. The Balaban J connectivity index is 1.55. The number of hydrogen-bond donors (Lipinski definition) is 0. The van der Waals surface area contributed by atoms with E-state index in [9.17, 15) is 9.59 Å². The van der Waals surface area contributed by atoms with E-state index in [1.54, 1.807) is 66.7 Å². The number of para-hydroxylation sites is 1. The van der Waals surface area contributed by atoms with E-state index < -0.39 is 5.97 Å². The highest BCUT2D eigenvalue weighted by Crippen LogP contribution is 2.28. The smallest absolute Gasteiger partial charge is 0.336 e. The summed E-state index contributed by atoms with van der Waals surface area (Å²) in [5.74, 6) is 0.604. The fraction of sp³-hybridized carbons (Fsp3) is 0.111. The van der Waals surface area contributed by atoms with Crippen molar-refractivity contribution >= 4 is 40.8 Å². The minimum absolute atomic E-state index is 0.242. The van der Waals surface area contributed by atoms with E-state index in [0.29, 0.717) is 39.5 Å². The second-order valence-electron chi connectivity index (χ2n) is 7.48. The van der Waals surface area contributed by atoms with Crippen LogP contribution in [0.4, 0.5) is 0 Å². The molecule has 0 saturated carbocycles. The Morgan fingerprint density at radius 1 is 1.06 bits per heavy atom. The van der Waals surface area contributed by atoms with Crippen molar-refractivity contribution in [3.05, 3.63) is 105 Å². The Hall–Kier alpha value is -4.23. The number of esters is 1. The van der Waals surface area contributed by atoms with Crippen molar-refractivity contribution in [1.82, 2.24) is 9.66 Å². The molecule has 0 amide bonds. The summed E-state index contributed by atoms with van der Waals surface area (Å²) in [5, 5.41) is 5.48. The third-order valence-electron chi connectivity index (χ3n) is 5.14. The second-order valence-corrected chi connectivity index (χ2v) is 7.91. The Morgan fingerprint density at radius 2 is 1.80 bits per heavy atom. The van der Waals surface area contributed by atoms with Crippen molar-refractivity contribution in [2.24, 2.45) is 5.10 Å². The number of fused-ring (bicyclic) bond motifs is 1. The average Bonchev–Trinajstić information content (AvgIpc) is 2.88. The molecule has 176 valence electrons. The Bertz CT molecular complexity index is 1490. The van der Waals surface area contributed by atoms with Gasteiger partial charge in [0.05, 0.1) is 24.2 Å². The first-order chi connectivity index (χ1) is 17.0. The molecule has 0 aliphatic carbocycles. The van der Waals surface area contributed by atoms with Gasteiger partial charge in [-0.15, -0.1) is 0 Å². The van der Waals surface area contributed by atoms with Crippen LogP contribution in [0, 0.1) is 0 Å². The largest absolute Gasteiger partial charge is 0.493 e. The first-order valence-electron chi connectivity index (χ1n) is 10.9. The SMILES string of the molecule is CCc1nc2ccccc2c(=O)n1N=Cc1ccc(OC(=O)/C=C/c2ccc(Cl)cc2)c(OC)c1. The van der Waals surface area contributed by atoms with E-state index in [-0.39, 0.29) is 11.3 Å². The van der Waals surface area contributed by atoms with Gasteiger partial charge in [0.1, 0.15) is 5.82 Å². The van der Waals surface area contributed by atoms with E-state index in [0.717, 1.165) is 5.56 Å². The normalized spacial score (nSPS) is 11.4. The van der Waals surface area contributed by atoms with Crippen LogP contribution in [0.3, 0.4) is 0 Å². The van der Waals surface area contributed by atoms with Gasteiger partial charge >= 0.3 is 5.97 Å². The van der Waals surface area contributed by atoms with Crippen LogP contribution in [0.25, 0.3) is 17.0 Å². The summed E-state index contributed by atoms with van der Waals surface area (Å²) in [6.07, 6.45) is 5.03. The van der Waals surface area contributed by atoms with Crippen LogP contribution in [0.15, 0.2) is 82.7 Å². The molecule has 4 aromatic rings. The van der Waals surface area contributed by atoms with E-state index >= 15 is 0 Å². The first kappa shape index (κ1) is 23.9. The minimum Gasteiger partial charge on any atom is -0.493 e. The molecular weight excluding hydrogens is 466 g/mol. The maximum atomic E-state index is 12.9. The van der Waals surface area contributed by atoms with Crippen LogP contribution in [0.5, 0.6) is 11.5 Å². The molecule has 7 nitrogen and oxygen atoms in total. The highest BCUT2D eigenvalue weighted by atomic mass is 35.5. The summed E-state index contributed by atoms with van der Waals surface area (Å²) in [4.78, 5) is 29.7. The number of aromatic nitrogens is 2. The van der Waals surface area contributed by atoms with Crippen LogP contribution >= 0.6 is 11.6 Å². The molecule has 1 aromatic heterocycles. The maximum absolute atomic E-state index is 12.9. The summed E-state index contributed by atoms with van der Waals surface area (Å²) in [5.41, 5.74) is 1.86. The predicted molar refractivity (Wildman–Crippen MR) is 137 cm³/mol. The molecule has 0 bridgehead atoms. The van der Waals surface area contributed by atoms with Crippen LogP contribution in [-0.4, -0.2) is 29.0 Å². The molecule has 0 aliphatic heterocycles. The highest BCUT2D eigenvalue weighted by molar-refractivity contribution is 6.30. The molecule has 0 radical (unpaired) electrons. The number of aryl methyl sites for hydroxylation is 1. The summed E-state index contributed by atoms with van der Waals surface area (Å²) in [7, 11) is 1.48. The molecule has 0 N–H and O–H groups in total. The molecule has 1 heterocycles. The van der Waals surface area contributed by atoms with Gasteiger partial charge in [0.2, 0.25) is 0 Å². The Kier molecular flexibility index (Phi) is 7.38. The highest BCUT2D eigenvalue weighted by Gasteiger charge is 2.11. The predicted octanol–water partition coefficient (Wildman–Crippen LogP) is 5.12. The number of carbonyl (C=O) groups is 1. The molecule has 0 saturated heterocycles. The summed E-state index contributed by atoms with van der Waals surface area (Å²) >= 11 is 5.87. The summed E-state index contributed by atoms with van der Waals surface area (Å²) in [6, 6.07) is 19.2. The zero-order chi connectivity index (χ0) is 24.8. The van der Waals surface area contributed by atoms with Gasteiger partial charge in [-0.25, -0.2) is 9.78 Å². The number of rotatable bonds is 7. The van der Waals surface area contributed by atoms with Gasteiger partial charge in [0.25, 0.3) is 5.56 Å². The standard InChI is InChI=1S/C27H22ClN3O4/c1-3-25-30-22-7-5-4-6-21(22)27(33)31(25)29-17-19-10-14-23(24(16-19)34-2)35-26(32)15-11-18-8-12-20(28)13-9-18/h4-17H,3H2,1-2H3/b15-11+,29-17?. The van der Waals surface area contributed by atoms with Gasteiger partial charge in [-0.2, -0.15) is 9.78 Å². The lowest BCUT2D eigenvalue weighted by molar-refractivity contribution is -0.129.